The fraction of sp³-hybridized carbons (Fsp3) is 0.174. The second-order valence-electron chi connectivity index (χ2n) is 8.18. The quantitative estimate of drug-likeness (QED) is 0.383. The van der Waals surface area contributed by atoms with E-state index < -0.39 is 38.6 Å². The molecule has 14 heteroatoms. The summed E-state index contributed by atoms with van der Waals surface area (Å²) in [4.78, 5) is 29.0. The van der Waals surface area contributed by atoms with E-state index in [0.717, 1.165) is 11.2 Å². The van der Waals surface area contributed by atoms with Crippen molar-refractivity contribution >= 4 is 38.2 Å². The molecule has 0 saturated carbocycles. The molecule has 37 heavy (non-hydrogen) atoms. The summed E-state index contributed by atoms with van der Waals surface area (Å²) < 4.78 is 77.4. The largest absolute Gasteiger partial charge is 0.451 e. The molecule has 0 aliphatic carbocycles. The Morgan fingerprint density at radius 3 is 2.35 bits per heavy atom. The number of alkyl halides is 3. The van der Waals surface area contributed by atoms with Gasteiger partial charge in [0.1, 0.15) is 0 Å². The number of nitrogens with zero attached hydrogens (tertiary/aromatic N) is 5. The van der Waals surface area contributed by atoms with Gasteiger partial charge in [-0.25, -0.2) is 32.7 Å². The van der Waals surface area contributed by atoms with E-state index >= 15 is 0 Å². The number of halogens is 4. The van der Waals surface area contributed by atoms with Crippen LogP contribution >= 0.6 is 0 Å². The first-order valence-corrected chi connectivity index (χ1v) is 12.4. The van der Waals surface area contributed by atoms with Crippen molar-refractivity contribution in [3.05, 3.63) is 77.3 Å². The SMILES string of the molecule is Cc1cnc(S(C)(=O)=O)c(N(Cc2ccc3cc(F)c(N)nc3c2)C(=O)c2cnc(C(F)(F)F)nc2)c1. The first kappa shape index (κ1) is 25.9. The van der Waals surface area contributed by atoms with Crippen molar-refractivity contribution < 1.29 is 30.8 Å². The summed E-state index contributed by atoms with van der Waals surface area (Å²) in [5, 5.41) is 0.0167. The lowest BCUT2D eigenvalue weighted by atomic mass is 10.1. The molecule has 4 aromatic rings. The Labute approximate surface area is 207 Å². The van der Waals surface area contributed by atoms with E-state index in [1.165, 1.54) is 30.5 Å². The third-order valence-electron chi connectivity index (χ3n) is 5.21. The van der Waals surface area contributed by atoms with Gasteiger partial charge in [-0.3, -0.25) is 4.79 Å². The molecule has 0 atom stereocenters. The lowest BCUT2D eigenvalue weighted by Gasteiger charge is -2.25. The number of sulfone groups is 1. The number of pyridine rings is 2. The number of amides is 1. The van der Waals surface area contributed by atoms with Crippen LogP contribution in [0.3, 0.4) is 0 Å². The summed E-state index contributed by atoms with van der Waals surface area (Å²) in [5.41, 5.74) is 6.41. The van der Waals surface area contributed by atoms with Crippen LogP contribution in [0.4, 0.5) is 29.1 Å². The number of benzene rings is 1. The minimum absolute atomic E-state index is 0.0981. The van der Waals surface area contributed by atoms with Gasteiger partial charge in [-0.05, 0) is 36.2 Å². The van der Waals surface area contributed by atoms with Crippen LogP contribution in [0.5, 0.6) is 0 Å². The van der Waals surface area contributed by atoms with Crippen LogP contribution < -0.4 is 10.6 Å². The van der Waals surface area contributed by atoms with Crippen LogP contribution in [0.1, 0.15) is 27.3 Å². The molecule has 0 bridgehead atoms. The molecule has 0 aliphatic heterocycles. The van der Waals surface area contributed by atoms with Gasteiger partial charge in [-0.2, -0.15) is 13.2 Å². The van der Waals surface area contributed by atoms with Crippen molar-refractivity contribution in [3.8, 4) is 0 Å². The second kappa shape index (κ2) is 9.35. The highest BCUT2D eigenvalue weighted by atomic mass is 32.2. The van der Waals surface area contributed by atoms with Gasteiger partial charge in [0.25, 0.3) is 5.91 Å². The average molecular weight is 534 g/mol. The predicted molar refractivity (Wildman–Crippen MR) is 126 cm³/mol. The molecule has 0 unspecified atom stereocenters. The molecular weight excluding hydrogens is 516 g/mol. The molecule has 0 aliphatic rings. The Bertz CT molecular complexity index is 1630. The van der Waals surface area contributed by atoms with E-state index in [-0.39, 0.29) is 23.6 Å². The highest BCUT2D eigenvalue weighted by Gasteiger charge is 2.35. The minimum Gasteiger partial charge on any atom is -0.381 e. The molecule has 3 heterocycles. The van der Waals surface area contributed by atoms with Crippen molar-refractivity contribution in [2.75, 3.05) is 16.9 Å². The maximum Gasteiger partial charge on any atom is 0.451 e. The molecule has 0 fully saturated rings. The fourth-order valence-corrected chi connectivity index (χ4v) is 4.30. The summed E-state index contributed by atoms with van der Waals surface area (Å²) in [7, 11) is -3.93. The summed E-state index contributed by atoms with van der Waals surface area (Å²) in [6, 6.07) is 7.23. The van der Waals surface area contributed by atoms with Crippen LogP contribution in [0.2, 0.25) is 0 Å². The number of aryl methyl sites for hydroxylation is 1. The highest BCUT2D eigenvalue weighted by molar-refractivity contribution is 7.90. The smallest absolute Gasteiger partial charge is 0.381 e. The molecule has 0 saturated heterocycles. The first-order chi connectivity index (χ1) is 17.2. The van der Waals surface area contributed by atoms with Gasteiger partial charge < -0.3 is 10.6 Å². The maximum atomic E-state index is 13.8. The number of carbonyl (C=O) groups excluding carboxylic acids is 1. The van der Waals surface area contributed by atoms with E-state index in [1.54, 1.807) is 13.0 Å². The number of nitrogen functional groups attached to an aromatic ring is 1. The van der Waals surface area contributed by atoms with Crippen molar-refractivity contribution in [1.29, 1.82) is 0 Å². The third kappa shape index (κ3) is 5.48. The molecular formula is C23H18F4N6O3S. The van der Waals surface area contributed by atoms with E-state index in [1.807, 2.05) is 0 Å². The molecule has 192 valence electrons. The van der Waals surface area contributed by atoms with Crippen molar-refractivity contribution in [1.82, 2.24) is 19.9 Å². The van der Waals surface area contributed by atoms with Crippen LogP contribution in [0, 0.1) is 12.7 Å². The zero-order valence-electron chi connectivity index (χ0n) is 19.3. The highest BCUT2D eigenvalue weighted by Crippen LogP contribution is 2.30. The van der Waals surface area contributed by atoms with E-state index in [2.05, 4.69) is 19.9 Å². The predicted octanol–water partition coefficient (Wildman–Crippen LogP) is 3.72. The minimum atomic E-state index is -4.81. The van der Waals surface area contributed by atoms with Crippen LogP contribution in [0.25, 0.3) is 10.9 Å². The average Bonchev–Trinajstić information content (AvgIpc) is 2.81. The molecule has 3 aromatic heterocycles. The lowest BCUT2D eigenvalue weighted by molar-refractivity contribution is -0.145. The van der Waals surface area contributed by atoms with Gasteiger partial charge in [0.2, 0.25) is 5.82 Å². The Kier molecular flexibility index (Phi) is 6.54. The first-order valence-electron chi connectivity index (χ1n) is 10.5. The number of hydrogen-bond donors (Lipinski definition) is 1. The Morgan fingerprint density at radius 2 is 1.73 bits per heavy atom. The molecule has 4 rings (SSSR count). The van der Waals surface area contributed by atoms with Crippen molar-refractivity contribution in [2.24, 2.45) is 0 Å². The van der Waals surface area contributed by atoms with E-state index in [9.17, 15) is 30.8 Å². The summed E-state index contributed by atoms with van der Waals surface area (Å²) in [6.07, 6.45) is -1.18. The molecule has 1 aromatic carbocycles. The van der Waals surface area contributed by atoms with Crippen LogP contribution in [-0.4, -0.2) is 40.5 Å². The Hall–Kier alpha value is -4.20. The van der Waals surface area contributed by atoms with Crippen LogP contribution in [0.15, 0.2) is 53.9 Å². The number of nitrogens with two attached hydrogens (primary N) is 1. The van der Waals surface area contributed by atoms with Crippen molar-refractivity contribution in [2.45, 2.75) is 24.7 Å². The Morgan fingerprint density at radius 1 is 1.05 bits per heavy atom. The third-order valence-corrected chi connectivity index (χ3v) is 6.23. The van der Waals surface area contributed by atoms with Gasteiger partial charge >= 0.3 is 6.18 Å². The zero-order valence-corrected chi connectivity index (χ0v) is 20.1. The van der Waals surface area contributed by atoms with E-state index in [0.29, 0.717) is 34.4 Å². The van der Waals surface area contributed by atoms with Gasteiger partial charge in [-0.15, -0.1) is 0 Å². The molecule has 0 spiro atoms. The van der Waals surface area contributed by atoms with Crippen LogP contribution in [-0.2, 0) is 22.6 Å². The van der Waals surface area contributed by atoms with Gasteiger partial charge in [-0.1, -0.05) is 12.1 Å². The summed E-state index contributed by atoms with van der Waals surface area (Å²) in [6.45, 7) is 1.38. The monoisotopic (exact) mass is 534 g/mol. The summed E-state index contributed by atoms with van der Waals surface area (Å²) in [5.74, 6) is -3.35. The van der Waals surface area contributed by atoms with Gasteiger partial charge in [0.15, 0.2) is 26.5 Å². The molecule has 0 radical (unpaired) electrons. The molecule has 9 nitrogen and oxygen atoms in total. The Balaban J connectivity index is 1.84. The number of carbonyl (C=O) groups is 1. The number of fused-ring (bicyclic) bond motifs is 1. The van der Waals surface area contributed by atoms with Gasteiger partial charge in [0.05, 0.1) is 23.3 Å². The summed E-state index contributed by atoms with van der Waals surface area (Å²) >= 11 is 0. The number of anilines is 2. The van der Waals surface area contributed by atoms with E-state index in [4.69, 9.17) is 5.73 Å². The standard InChI is InChI=1S/C23H18F4N6O3S/c1-12-5-18(20(29-8-12)37(2,35)36)33(21(34)15-9-30-22(31-10-15)23(25,26)27)11-13-3-4-14-7-16(24)19(28)32-17(14)6-13/h3-10H,11H2,1-2H3,(H2,28,32). The zero-order chi connectivity index (χ0) is 27.1. The number of aromatic nitrogens is 4. The maximum absolute atomic E-state index is 13.8. The molecule has 1 amide bonds. The molecule has 2 N–H and O–H groups in total. The number of hydrogen-bond acceptors (Lipinski definition) is 8. The topological polar surface area (TPSA) is 132 Å². The lowest BCUT2D eigenvalue weighted by Crippen LogP contribution is -2.32. The normalized spacial score (nSPS) is 12.1. The van der Waals surface area contributed by atoms with Gasteiger partial charge in [0, 0.05) is 30.2 Å². The second-order valence-corrected chi connectivity index (χ2v) is 10.1. The fourth-order valence-electron chi connectivity index (χ4n) is 3.51. The van der Waals surface area contributed by atoms with Crippen molar-refractivity contribution in [3.63, 3.8) is 0 Å². The number of rotatable bonds is 5.